The Kier molecular flexibility index (Phi) is 3.76. The molecule has 0 N–H and O–H groups in total. The second-order valence-electron chi connectivity index (χ2n) is 13.2. The summed E-state index contributed by atoms with van der Waals surface area (Å²) in [5, 5.41) is 0. The molecule has 154 valence electrons. The van der Waals surface area contributed by atoms with Crippen molar-refractivity contribution in [3.8, 4) is 0 Å². The highest BCUT2D eigenvalue weighted by atomic mass is 15.1. The minimum absolute atomic E-state index is 0.563. The number of rotatable bonds is 2. The molecule has 0 heterocycles. The van der Waals surface area contributed by atoms with Gasteiger partial charge in [0.1, 0.15) is 0 Å². The molecule has 0 bridgehead atoms. The average Bonchev–Trinajstić information content (AvgIpc) is 3.16. The van der Waals surface area contributed by atoms with Crippen molar-refractivity contribution in [1.29, 1.82) is 0 Å². The van der Waals surface area contributed by atoms with Crippen molar-refractivity contribution in [2.24, 2.45) is 44.8 Å². The van der Waals surface area contributed by atoms with Crippen LogP contribution in [0, 0.1) is 44.8 Å². The van der Waals surface area contributed by atoms with Gasteiger partial charge >= 0.3 is 0 Å². The zero-order valence-electron chi connectivity index (χ0n) is 19.3. The van der Waals surface area contributed by atoms with Crippen LogP contribution in [0.15, 0.2) is 0 Å². The molecule has 0 saturated heterocycles. The molecule has 5 aliphatic carbocycles. The fourth-order valence-electron chi connectivity index (χ4n) is 10.6. The van der Waals surface area contributed by atoms with Gasteiger partial charge in [-0.3, -0.25) is 0 Å². The summed E-state index contributed by atoms with van der Waals surface area (Å²) < 4.78 is 0. The van der Waals surface area contributed by atoms with E-state index in [1.165, 1.54) is 32.1 Å². The van der Waals surface area contributed by atoms with E-state index in [-0.39, 0.29) is 0 Å². The maximum absolute atomic E-state index is 2.77. The van der Waals surface area contributed by atoms with E-state index < -0.39 is 0 Å². The van der Waals surface area contributed by atoms with Crippen molar-refractivity contribution in [3.63, 3.8) is 0 Å². The van der Waals surface area contributed by atoms with E-state index in [1.807, 2.05) is 0 Å². The molecule has 1 heteroatoms. The van der Waals surface area contributed by atoms with E-state index in [4.69, 9.17) is 0 Å². The van der Waals surface area contributed by atoms with Crippen molar-refractivity contribution >= 4 is 0 Å². The Bertz CT molecular complexity index is 636. The second kappa shape index (κ2) is 5.35. The van der Waals surface area contributed by atoms with E-state index in [0.29, 0.717) is 16.2 Å². The van der Waals surface area contributed by atoms with Gasteiger partial charge in [-0.1, -0.05) is 34.1 Å². The fraction of sp³-hybridized carbons (Fsp3) is 1.00. The third-order valence-electron chi connectivity index (χ3n) is 12.3. The molecule has 1 nitrogen and oxygen atoms in total. The number of fused-ring (bicyclic) bond motifs is 2. The first kappa shape index (κ1) is 19.0. The predicted molar refractivity (Wildman–Crippen MR) is 115 cm³/mol. The van der Waals surface area contributed by atoms with Crippen molar-refractivity contribution < 1.29 is 0 Å². The highest BCUT2D eigenvalue weighted by Crippen LogP contribution is 2.88. The molecule has 5 saturated carbocycles. The first-order valence-electron chi connectivity index (χ1n) is 12.2. The quantitative estimate of drug-likeness (QED) is 0.518. The molecule has 2 spiro atoms. The zero-order chi connectivity index (χ0) is 19.5. The van der Waals surface area contributed by atoms with Gasteiger partial charge in [0.25, 0.3) is 0 Å². The van der Waals surface area contributed by atoms with Gasteiger partial charge < -0.3 is 4.90 Å². The summed E-state index contributed by atoms with van der Waals surface area (Å²) in [6, 6.07) is 0.726. The van der Waals surface area contributed by atoms with E-state index in [2.05, 4.69) is 53.6 Å². The molecular weight excluding hydrogens is 326 g/mol. The maximum atomic E-state index is 2.77. The van der Waals surface area contributed by atoms with Crippen molar-refractivity contribution in [2.45, 2.75) is 105 Å². The van der Waals surface area contributed by atoms with Gasteiger partial charge in [0, 0.05) is 6.04 Å². The first-order chi connectivity index (χ1) is 12.5. The van der Waals surface area contributed by atoms with Crippen molar-refractivity contribution in [1.82, 2.24) is 4.90 Å². The lowest BCUT2D eigenvalue weighted by Gasteiger charge is -2.63. The molecule has 0 aliphatic heterocycles. The molecule has 0 aromatic rings. The summed E-state index contributed by atoms with van der Waals surface area (Å²) in [5.41, 5.74) is 3.26. The minimum Gasteiger partial charge on any atom is -0.306 e. The van der Waals surface area contributed by atoms with Crippen molar-refractivity contribution in [2.75, 3.05) is 14.1 Å². The normalized spacial score (nSPS) is 56.7. The van der Waals surface area contributed by atoms with E-state index in [1.54, 1.807) is 32.1 Å². The molecule has 5 fully saturated rings. The number of hydrogen-bond acceptors (Lipinski definition) is 1. The highest BCUT2D eigenvalue weighted by molar-refractivity contribution is 5.30. The Morgan fingerprint density at radius 3 is 2.11 bits per heavy atom. The van der Waals surface area contributed by atoms with Gasteiger partial charge in [-0.15, -0.1) is 0 Å². The summed E-state index contributed by atoms with van der Waals surface area (Å²) >= 11 is 0. The van der Waals surface area contributed by atoms with E-state index in [9.17, 15) is 0 Å². The second-order valence-corrected chi connectivity index (χ2v) is 13.2. The van der Waals surface area contributed by atoms with Crippen LogP contribution in [0.2, 0.25) is 0 Å². The first-order valence-corrected chi connectivity index (χ1v) is 12.2. The highest BCUT2D eigenvalue weighted by Gasteiger charge is 2.81. The van der Waals surface area contributed by atoms with Crippen LogP contribution < -0.4 is 0 Å². The topological polar surface area (TPSA) is 3.24 Å². The summed E-state index contributed by atoms with van der Waals surface area (Å²) in [7, 11) is 4.61. The molecule has 5 aliphatic rings. The molecule has 0 aromatic carbocycles. The Morgan fingerprint density at radius 1 is 0.741 bits per heavy atom. The molecular formula is C26H45N. The van der Waals surface area contributed by atoms with Gasteiger partial charge in [-0.25, -0.2) is 0 Å². The Balaban J connectivity index is 1.51. The van der Waals surface area contributed by atoms with Gasteiger partial charge in [-0.05, 0) is 124 Å². The molecule has 0 amide bonds. The van der Waals surface area contributed by atoms with Gasteiger partial charge in [-0.2, -0.15) is 0 Å². The van der Waals surface area contributed by atoms with Gasteiger partial charge in [0.2, 0.25) is 0 Å². The van der Waals surface area contributed by atoms with Crippen LogP contribution in [0.3, 0.4) is 0 Å². The Morgan fingerprint density at radius 2 is 1.41 bits per heavy atom. The summed E-state index contributed by atoms with van der Waals surface area (Å²) in [4.78, 5) is 2.51. The largest absolute Gasteiger partial charge is 0.306 e. The Labute approximate surface area is 169 Å². The smallest absolute Gasteiger partial charge is 0.00945 e. The lowest BCUT2D eigenvalue weighted by molar-refractivity contribution is -0.142. The maximum Gasteiger partial charge on any atom is 0.00945 e. The van der Waals surface area contributed by atoms with Gasteiger partial charge in [0.05, 0.1) is 0 Å². The lowest BCUT2D eigenvalue weighted by atomic mass is 9.42. The van der Waals surface area contributed by atoms with Gasteiger partial charge in [0.15, 0.2) is 0 Å². The zero-order valence-corrected chi connectivity index (χ0v) is 19.3. The summed E-state index contributed by atoms with van der Waals surface area (Å²) in [5.74, 6) is 2.94. The monoisotopic (exact) mass is 371 g/mol. The van der Waals surface area contributed by atoms with Crippen LogP contribution in [-0.2, 0) is 0 Å². The molecule has 27 heavy (non-hydrogen) atoms. The van der Waals surface area contributed by atoms with Crippen LogP contribution in [0.4, 0.5) is 0 Å². The van der Waals surface area contributed by atoms with Crippen LogP contribution in [0.5, 0.6) is 0 Å². The molecule has 0 aromatic heterocycles. The Hall–Kier alpha value is -0.0400. The van der Waals surface area contributed by atoms with Crippen LogP contribution >= 0.6 is 0 Å². The van der Waals surface area contributed by atoms with E-state index in [0.717, 1.165) is 34.6 Å². The fourth-order valence-corrected chi connectivity index (χ4v) is 10.6. The third-order valence-corrected chi connectivity index (χ3v) is 12.3. The molecule has 5 rings (SSSR count). The van der Waals surface area contributed by atoms with E-state index >= 15 is 0 Å². The molecule has 0 radical (unpaired) electrons. The van der Waals surface area contributed by atoms with Crippen LogP contribution in [-0.4, -0.2) is 25.0 Å². The standard InChI is InChI=1S/C26H45N/c1-18(27(6)7)19-11-14-24(5)21-10-9-20-22(2,3)12-8-13-25(20)17-26(21,25)16-15-23(19,24)4/h18-21H,8-17H2,1-7H3. The lowest BCUT2D eigenvalue weighted by Crippen LogP contribution is -2.57. The van der Waals surface area contributed by atoms with Crippen LogP contribution in [0.1, 0.15) is 98.8 Å². The predicted octanol–water partition coefficient (Wildman–Crippen LogP) is 6.77. The summed E-state index contributed by atoms with van der Waals surface area (Å²) in [6.45, 7) is 13.2. The van der Waals surface area contributed by atoms with Crippen molar-refractivity contribution in [3.05, 3.63) is 0 Å². The third kappa shape index (κ3) is 2.02. The number of nitrogens with zero attached hydrogens (tertiary/aromatic N) is 1. The van der Waals surface area contributed by atoms with Crippen LogP contribution in [0.25, 0.3) is 0 Å². The molecule has 8 atom stereocenters. The molecule has 8 unspecified atom stereocenters. The average molecular weight is 372 g/mol. The number of hydrogen-bond donors (Lipinski definition) is 0. The SMILES string of the molecule is CC(C1CCC2(C)C3CCC4C(C)(C)CCCC45CC35CCC12C)N(C)C. The minimum atomic E-state index is 0.563. The summed E-state index contributed by atoms with van der Waals surface area (Å²) in [6.07, 6.45) is 15.3.